The summed E-state index contributed by atoms with van der Waals surface area (Å²) in [7, 11) is 3.88. The molecule has 1 unspecified atom stereocenters. The fraction of sp³-hybridized carbons (Fsp3) is 0.650. The lowest BCUT2D eigenvalue weighted by molar-refractivity contribution is 0.0425. The summed E-state index contributed by atoms with van der Waals surface area (Å²) in [6, 6.07) is 8.20. The van der Waals surface area contributed by atoms with Gasteiger partial charge in [0.25, 0.3) is 0 Å². The highest BCUT2D eigenvalue weighted by atomic mass is 127. The number of halogens is 1. The summed E-state index contributed by atoms with van der Waals surface area (Å²) in [4.78, 5) is 6.56. The van der Waals surface area contributed by atoms with Crippen LogP contribution in [-0.4, -0.2) is 56.4 Å². The van der Waals surface area contributed by atoms with Gasteiger partial charge in [0.2, 0.25) is 0 Å². The lowest BCUT2D eigenvalue weighted by Gasteiger charge is -2.30. The molecule has 26 heavy (non-hydrogen) atoms. The van der Waals surface area contributed by atoms with E-state index in [4.69, 9.17) is 4.74 Å². The van der Waals surface area contributed by atoms with Crippen LogP contribution in [0.25, 0.3) is 0 Å². The molecule has 1 heterocycles. The Morgan fingerprint density at radius 2 is 2.08 bits per heavy atom. The monoisotopic (exact) mass is 473 g/mol. The Balaban J connectivity index is 0.00000243. The van der Waals surface area contributed by atoms with E-state index in [9.17, 15) is 5.11 Å². The van der Waals surface area contributed by atoms with E-state index >= 15 is 0 Å². The molecule has 0 amide bonds. The number of hydrogen-bond donors (Lipinski definition) is 2. The van der Waals surface area contributed by atoms with Crippen LogP contribution in [0.5, 0.6) is 0 Å². The topological polar surface area (TPSA) is 57.1 Å². The smallest absolute Gasteiger partial charge is 0.193 e. The summed E-state index contributed by atoms with van der Waals surface area (Å²) >= 11 is 0. The van der Waals surface area contributed by atoms with Gasteiger partial charge in [-0.05, 0) is 49.1 Å². The first kappa shape index (κ1) is 21.4. The molecule has 1 atom stereocenters. The van der Waals surface area contributed by atoms with Crippen molar-refractivity contribution < 1.29 is 9.84 Å². The lowest BCUT2D eigenvalue weighted by atomic mass is 9.96. The molecule has 6 heteroatoms. The molecular weight excluding hydrogens is 441 g/mol. The zero-order valence-corrected chi connectivity index (χ0v) is 18.2. The maximum atomic E-state index is 11.1. The number of fused-ring (bicyclic) bond motifs is 1. The van der Waals surface area contributed by atoms with Gasteiger partial charge in [0.15, 0.2) is 5.96 Å². The summed E-state index contributed by atoms with van der Waals surface area (Å²) in [6.45, 7) is 3.26. The molecule has 1 aromatic rings. The Hall–Kier alpha value is -0.860. The van der Waals surface area contributed by atoms with Crippen molar-refractivity contribution in [3.63, 3.8) is 0 Å². The Bertz CT molecular complexity index is 604. The van der Waals surface area contributed by atoms with E-state index in [1.807, 2.05) is 18.2 Å². The number of rotatable bonds is 5. The van der Waals surface area contributed by atoms with Crippen molar-refractivity contribution >= 4 is 29.9 Å². The Morgan fingerprint density at radius 3 is 2.81 bits per heavy atom. The highest BCUT2D eigenvalue weighted by molar-refractivity contribution is 14.0. The van der Waals surface area contributed by atoms with Crippen LogP contribution in [0.1, 0.15) is 36.8 Å². The van der Waals surface area contributed by atoms with Crippen molar-refractivity contribution in [2.24, 2.45) is 10.9 Å². The fourth-order valence-electron chi connectivity index (χ4n) is 3.98. The zero-order valence-electron chi connectivity index (χ0n) is 15.9. The van der Waals surface area contributed by atoms with Gasteiger partial charge in [-0.3, -0.25) is 4.99 Å². The van der Waals surface area contributed by atoms with Crippen molar-refractivity contribution in [2.75, 3.05) is 40.4 Å². The number of benzene rings is 1. The normalized spacial score (nSPS) is 23.3. The van der Waals surface area contributed by atoms with Crippen molar-refractivity contribution in [3.05, 3.63) is 35.4 Å². The van der Waals surface area contributed by atoms with Crippen molar-refractivity contribution in [1.82, 2.24) is 10.2 Å². The van der Waals surface area contributed by atoms with Gasteiger partial charge in [-0.15, -0.1) is 24.0 Å². The van der Waals surface area contributed by atoms with Gasteiger partial charge in [0.1, 0.15) is 5.60 Å². The molecule has 1 aliphatic carbocycles. The summed E-state index contributed by atoms with van der Waals surface area (Å²) in [5.41, 5.74) is 1.52. The van der Waals surface area contributed by atoms with Crippen LogP contribution >= 0.6 is 24.0 Å². The molecule has 0 aromatic heterocycles. The van der Waals surface area contributed by atoms with Crippen molar-refractivity contribution in [1.29, 1.82) is 0 Å². The standard InChI is InChI=1S/C20H31N3O2.HI/c1-21-19(23(2)12-8-16-9-13-25-14-10-16)22-15-20(24)11-7-17-5-3-4-6-18(17)20;/h3-6,16,24H,7-15H2,1-2H3,(H,21,22);1H. The summed E-state index contributed by atoms with van der Waals surface area (Å²) in [5, 5.41) is 14.4. The van der Waals surface area contributed by atoms with Crippen molar-refractivity contribution in [3.8, 4) is 0 Å². The Labute approximate surface area is 174 Å². The number of nitrogens with one attached hydrogen (secondary N) is 1. The quantitative estimate of drug-likeness (QED) is 0.393. The lowest BCUT2D eigenvalue weighted by Crippen LogP contribution is -2.46. The van der Waals surface area contributed by atoms with Gasteiger partial charge in [0, 0.05) is 33.9 Å². The van der Waals surface area contributed by atoms with Crippen LogP contribution in [-0.2, 0) is 16.8 Å². The molecule has 1 fully saturated rings. The van der Waals surface area contributed by atoms with E-state index in [0.29, 0.717) is 6.54 Å². The maximum absolute atomic E-state index is 11.1. The molecule has 1 aliphatic heterocycles. The first-order valence-corrected chi connectivity index (χ1v) is 9.43. The third-order valence-corrected chi connectivity index (χ3v) is 5.65. The van der Waals surface area contributed by atoms with Crippen LogP contribution in [0.4, 0.5) is 0 Å². The highest BCUT2D eigenvalue weighted by Crippen LogP contribution is 2.36. The first-order chi connectivity index (χ1) is 12.1. The van der Waals surface area contributed by atoms with E-state index in [1.165, 1.54) is 5.56 Å². The van der Waals surface area contributed by atoms with E-state index in [-0.39, 0.29) is 24.0 Å². The molecule has 146 valence electrons. The summed E-state index contributed by atoms with van der Waals surface area (Å²) in [5.74, 6) is 1.60. The molecule has 0 spiro atoms. The average Bonchev–Trinajstić information content (AvgIpc) is 2.99. The molecular formula is C20H32IN3O2. The molecule has 1 saturated heterocycles. The predicted octanol–water partition coefficient (Wildman–Crippen LogP) is 2.76. The molecule has 1 aromatic carbocycles. The molecule has 3 rings (SSSR count). The second-order valence-electron chi connectivity index (χ2n) is 7.36. The SMILES string of the molecule is CN=C(NCC1(O)CCc2ccccc21)N(C)CCC1CCOCC1.I. The number of aliphatic imine (C=N–C) groups is 1. The third kappa shape index (κ3) is 5.10. The first-order valence-electron chi connectivity index (χ1n) is 9.43. The molecule has 2 N–H and O–H groups in total. The number of guanidine groups is 1. The van der Waals surface area contributed by atoms with E-state index in [1.54, 1.807) is 7.05 Å². The third-order valence-electron chi connectivity index (χ3n) is 5.65. The molecule has 0 radical (unpaired) electrons. The molecule has 0 saturated carbocycles. The maximum Gasteiger partial charge on any atom is 0.193 e. The molecule has 0 bridgehead atoms. The minimum absolute atomic E-state index is 0. The van der Waals surface area contributed by atoms with Gasteiger partial charge < -0.3 is 20.1 Å². The molecule has 2 aliphatic rings. The van der Waals surface area contributed by atoms with E-state index in [2.05, 4.69) is 28.3 Å². The minimum atomic E-state index is -0.798. The van der Waals surface area contributed by atoms with Crippen LogP contribution < -0.4 is 5.32 Å². The zero-order chi connectivity index (χ0) is 17.7. The Kier molecular flexibility index (Phi) is 8.16. The van der Waals surface area contributed by atoms with Gasteiger partial charge >= 0.3 is 0 Å². The predicted molar refractivity (Wildman–Crippen MR) is 116 cm³/mol. The summed E-state index contributed by atoms with van der Waals surface area (Å²) < 4.78 is 5.43. The van der Waals surface area contributed by atoms with Crippen LogP contribution in [0.15, 0.2) is 29.3 Å². The largest absolute Gasteiger partial charge is 0.383 e. The van der Waals surface area contributed by atoms with Gasteiger partial charge in [0.05, 0.1) is 6.54 Å². The van der Waals surface area contributed by atoms with Crippen LogP contribution in [0.3, 0.4) is 0 Å². The molecule has 5 nitrogen and oxygen atoms in total. The van der Waals surface area contributed by atoms with E-state index < -0.39 is 5.60 Å². The number of aryl methyl sites for hydroxylation is 1. The van der Waals surface area contributed by atoms with Gasteiger partial charge in [-0.2, -0.15) is 0 Å². The van der Waals surface area contributed by atoms with Gasteiger partial charge in [-0.25, -0.2) is 0 Å². The second kappa shape index (κ2) is 9.90. The minimum Gasteiger partial charge on any atom is -0.383 e. The fourth-order valence-corrected chi connectivity index (χ4v) is 3.98. The number of hydrogen-bond acceptors (Lipinski definition) is 3. The van der Waals surface area contributed by atoms with Crippen LogP contribution in [0.2, 0.25) is 0 Å². The van der Waals surface area contributed by atoms with Gasteiger partial charge in [-0.1, -0.05) is 24.3 Å². The van der Waals surface area contributed by atoms with E-state index in [0.717, 1.165) is 69.3 Å². The Morgan fingerprint density at radius 1 is 1.35 bits per heavy atom. The average molecular weight is 473 g/mol. The van der Waals surface area contributed by atoms with Crippen molar-refractivity contribution in [2.45, 2.75) is 37.7 Å². The second-order valence-corrected chi connectivity index (χ2v) is 7.36. The number of ether oxygens (including phenoxy) is 1. The van der Waals surface area contributed by atoms with Crippen LogP contribution in [0, 0.1) is 5.92 Å². The number of nitrogens with zero attached hydrogens (tertiary/aromatic N) is 2. The number of aliphatic hydroxyl groups is 1. The highest BCUT2D eigenvalue weighted by Gasteiger charge is 2.36. The summed E-state index contributed by atoms with van der Waals surface area (Å²) in [6.07, 6.45) is 5.19.